The number of rotatable bonds is 2. The number of hydrogen-bond donors (Lipinski definition) is 2. The Balaban J connectivity index is 2.16. The molecule has 0 radical (unpaired) electrons. The van der Waals surface area contributed by atoms with Gasteiger partial charge in [-0.1, -0.05) is 59.7 Å². The van der Waals surface area contributed by atoms with Crippen LogP contribution in [0.15, 0.2) is 48.0 Å². The zero-order chi connectivity index (χ0) is 23.1. The first-order valence-corrected chi connectivity index (χ1v) is 10.1. The Kier molecular flexibility index (Phi) is 5.53. The van der Waals surface area contributed by atoms with E-state index in [-0.39, 0.29) is 22.2 Å². The van der Waals surface area contributed by atoms with Crippen LogP contribution in [0.25, 0.3) is 6.08 Å². The van der Waals surface area contributed by atoms with E-state index in [9.17, 15) is 19.5 Å². The molecule has 3 rings (SSSR count). The van der Waals surface area contributed by atoms with E-state index < -0.39 is 17.8 Å². The molecule has 1 aliphatic rings. The van der Waals surface area contributed by atoms with Gasteiger partial charge in [0.05, 0.1) is 5.69 Å². The summed E-state index contributed by atoms with van der Waals surface area (Å²) in [6, 6.07) is 11.2. The summed E-state index contributed by atoms with van der Waals surface area (Å²) in [7, 11) is 0. The third-order valence-corrected chi connectivity index (χ3v) is 5.18. The first-order chi connectivity index (χ1) is 14.3. The molecule has 0 atom stereocenters. The molecule has 2 aromatic rings. The number of barbiturate groups is 1. The lowest BCUT2D eigenvalue weighted by Crippen LogP contribution is -2.54. The Morgan fingerprint density at radius 3 is 1.87 bits per heavy atom. The number of carbonyl (C=O) groups is 3. The normalized spacial score (nSPS) is 16.6. The number of carbonyl (C=O) groups excluding carboxylic acids is 3. The van der Waals surface area contributed by atoms with E-state index in [0.717, 1.165) is 4.90 Å². The molecule has 31 heavy (non-hydrogen) atoms. The molecule has 162 valence electrons. The zero-order valence-electron chi connectivity index (χ0n) is 18.7. The van der Waals surface area contributed by atoms with E-state index in [1.807, 2.05) is 41.5 Å². The van der Waals surface area contributed by atoms with E-state index >= 15 is 0 Å². The highest BCUT2D eigenvalue weighted by molar-refractivity contribution is 6.39. The van der Waals surface area contributed by atoms with Gasteiger partial charge in [0.1, 0.15) is 11.3 Å². The van der Waals surface area contributed by atoms with Gasteiger partial charge in [-0.05, 0) is 46.7 Å². The summed E-state index contributed by atoms with van der Waals surface area (Å²) >= 11 is 0. The van der Waals surface area contributed by atoms with Gasteiger partial charge in [-0.25, -0.2) is 9.69 Å². The van der Waals surface area contributed by atoms with Crippen LogP contribution in [0.3, 0.4) is 0 Å². The summed E-state index contributed by atoms with van der Waals surface area (Å²) in [4.78, 5) is 38.9. The van der Waals surface area contributed by atoms with E-state index in [1.165, 1.54) is 6.08 Å². The number of anilines is 1. The number of benzene rings is 2. The van der Waals surface area contributed by atoms with Crippen molar-refractivity contribution in [2.24, 2.45) is 0 Å². The van der Waals surface area contributed by atoms with Crippen molar-refractivity contribution in [1.29, 1.82) is 0 Å². The van der Waals surface area contributed by atoms with Gasteiger partial charge < -0.3 is 5.11 Å². The zero-order valence-corrected chi connectivity index (χ0v) is 18.7. The van der Waals surface area contributed by atoms with Crippen LogP contribution in [0.5, 0.6) is 5.75 Å². The van der Waals surface area contributed by atoms with Crippen LogP contribution in [-0.2, 0) is 20.4 Å². The maximum atomic E-state index is 13.1. The molecule has 1 heterocycles. The van der Waals surface area contributed by atoms with Gasteiger partial charge >= 0.3 is 6.03 Å². The highest BCUT2D eigenvalue weighted by Gasteiger charge is 2.37. The average molecular weight is 421 g/mol. The molecule has 0 bridgehead atoms. The van der Waals surface area contributed by atoms with Crippen LogP contribution in [0.2, 0.25) is 0 Å². The average Bonchev–Trinajstić information content (AvgIpc) is 2.65. The van der Waals surface area contributed by atoms with Crippen molar-refractivity contribution in [2.75, 3.05) is 4.90 Å². The minimum absolute atomic E-state index is 0.145. The Bertz CT molecular complexity index is 1050. The number of phenolic OH excluding ortho intramolecular Hbond substituents is 1. The molecule has 6 nitrogen and oxygen atoms in total. The van der Waals surface area contributed by atoms with Crippen LogP contribution in [0, 0.1) is 0 Å². The van der Waals surface area contributed by atoms with E-state index in [0.29, 0.717) is 22.4 Å². The molecule has 0 spiro atoms. The van der Waals surface area contributed by atoms with Crippen molar-refractivity contribution in [3.8, 4) is 5.75 Å². The minimum atomic E-state index is -0.783. The summed E-state index contributed by atoms with van der Waals surface area (Å²) in [6.07, 6.45) is 1.48. The van der Waals surface area contributed by atoms with Gasteiger partial charge in [0.15, 0.2) is 0 Å². The highest BCUT2D eigenvalue weighted by atomic mass is 16.3. The van der Waals surface area contributed by atoms with E-state index in [1.54, 1.807) is 42.5 Å². The molecular weight excluding hydrogens is 392 g/mol. The van der Waals surface area contributed by atoms with Crippen LogP contribution < -0.4 is 10.2 Å². The third kappa shape index (κ3) is 4.38. The smallest absolute Gasteiger partial charge is 0.335 e. The molecule has 2 N–H and O–H groups in total. The standard InChI is InChI=1S/C25H28N2O4/c1-24(2,3)18-13-15(14-19(20(18)28)25(4,5)6)12-17-21(29)26-23(31)27(22(17)30)16-10-8-7-9-11-16/h7-14,28H,1-6H3,(H,26,29,31). The lowest BCUT2D eigenvalue weighted by molar-refractivity contribution is -0.122. The summed E-state index contributed by atoms with van der Waals surface area (Å²) in [5.74, 6) is -1.23. The molecule has 0 aliphatic carbocycles. The van der Waals surface area contributed by atoms with Crippen molar-refractivity contribution < 1.29 is 19.5 Å². The fourth-order valence-corrected chi connectivity index (χ4v) is 3.52. The number of imide groups is 2. The van der Waals surface area contributed by atoms with Crippen LogP contribution >= 0.6 is 0 Å². The number of amides is 4. The molecule has 0 unspecified atom stereocenters. The second kappa shape index (κ2) is 7.69. The number of para-hydroxylation sites is 1. The molecule has 1 aliphatic heterocycles. The van der Waals surface area contributed by atoms with Crippen LogP contribution in [0.1, 0.15) is 58.2 Å². The second-order valence-electron chi connectivity index (χ2n) is 9.76. The lowest BCUT2D eigenvalue weighted by Gasteiger charge is -2.28. The Labute approximate surface area is 182 Å². The maximum Gasteiger partial charge on any atom is 0.335 e. The molecule has 1 fully saturated rings. The number of hydrogen-bond acceptors (Lipinski definition) is 4. The van der Waals surface area contributed by atoms with Gasteiger partial charge in [-0.2, -0.15) is 0 Å². The predicted octanol–water partition coefficient (Wildman–Crippen LogP) is 4.65. The highest BCUT2D eigenvalue weighted by Crippen LogP contribution is 2.40. The lowest BCUT2D eigenvalue weighted by atomic mass is 9.78. The Hall–Kier alpha value is -3.41. The number of nitrogens with one attached hydrogen (secondary N) is 1. The van der Waals surface area contributed by atoms with Crippen LogP contribution in [0.4, 0.5) is 10.5 Å². The van der Waals surface area contributed by atoms with Crippen molar-refractivity contribution in [3.05, 3.63) is 64.7 Å². The van der Waals surface area contributed by atoms with Gasteiger partial charge in [0.25, 0.3) is 11.8 Å². The predicted molar refractivity (Wildman–Crippen MR) is 121 cm³/mol. The third-order valence-electron chi connectivity index (χ3n) is 5.18. The van der Waals surface area contributed by atoms with Crippen LogP contribution in [-0.4, -0.2) is 23.0 Å². The van der Waals surface area contributed by atoms with E-state index in [4.69, 9.17) is 0 Å². The maximum absolute atomic E-state index is 13.1. The number of urea groups is 1. The number of nitrogens with zero attached hydrogens (tertiary/aromatic N) is 1. The molecular formula is C25H28N2O4. The molecule has 1 saturated heterocycles. The summed E-state index contributed by atoms with van der Waals surface area (Å²) in [5.41, 5.74) is 1.55. The summed E-state index contributed by atoms with van der Waals surface area (Å²) in [5, 5.41) is 13.1. The molecule has 0 aromatic heterocycles. The van der Waals surface area contributed by atoms with E-state index in [2.05, 4.69) is 5.32 Å². The molecule has 4 amide bonds. The first kappa shape index (κ1) is 22.3. The van der Waals surface area contributed by atoms with Gasteiger partial charge in [-0.15, -0.1) is 0 Å². The van der Waals surface area contributed by atoms with Crippen molar-refractivity contribution in [1.82, 2.24) is 5.32 Å². The van der Waals surface area contributed by atoms with Crippen molar-refractivity contribution in [2.45, 2.75) is 52.4 Å². The Morgan fingerprint density at radius 1 is 0.871 bits per heavy atom. The number of aromatic hydroxyl groups is 1. The SMILES string of the molecule is CC(C)(C)c1cc(C=C2C(=O)NC(=O)N(c3ccccc3)C2=O)cc(C(C)(C)C)c1O. The molecule has 6 heteroatoms. The van der Waals surface area contributed by atoms with Crippen molar-refractivity contribution in [3.63, 3.8) is 0 Å². The largest absolute Gasteiger partial charge is 0.507 e. The first-order valence-electron chi connectivity index (χ1n) is 10.1. The van der Waals surface area contributed by atoms with Gasteiger partial charge in [0.2, 0.25) is 0 Å². The molecule has 2 aromatic carbocycles. The fraction of sp³-hybridized carbons (Fsp3) is 0.320. The van der Waals surface area contributed by atoms with Gasteiger partial charge in [0, 0.05) is 11.1 Å². The monoisotopic (exact) mass is 420 g/mol. The summed E-state index contributed by atoms with van der Waals surface area (Å²) < 4.78 is 0. The van der Waals surface area contributed by atoms with Crippen molar-refractivity contribution >= 4 is 29.6 Å². The minimum Gasteiger partial charge on any atom is -0.507 e. The topological polar surface area (TPSA) is 86.7 Å². The second-order valence-corrected chi connectivity index (χ2v) is 9.76. The number of phenols is 1. The quantitative estimate of drug-likeness (QED) is 0.547. The Morgan fingerprint density at radius 2 is 1.39 bits per heavy atom. The molecule has 0 saturated carbocycles. The fourth-order valence-electron chi connectivity index (χ4n) is 3.52. The summed E-state index contributed by atoms with van der Waals surface area (Å²) in [6.45, 7) is 11.9. The van der Waals surface area contributed by atoms with Gasteiger partial charge in [-0.3, -0.25) is 14.9 Å².